The number of fused-ring (bicyclic) bond motifs is 1. The van der Waals surface area contributed by atoms with Crippen molar-refractivity contribution in [2.24, 2.45) is 0 Å². The van der Waals surface area contributed by atoms with Crippen molar-refractivity contribution in [3.05, 3.63) is 58.9 Å². The van der Waals surface area contributed by atoms with E-state index in [4.69, 9.17) is 4.52 Å². The van der Waals surface area contributed by atoms with Crippen LogP contribution in [0.3, 0.4) is 0 Å². The number of carbonyl (C=O) groups excluding carboxylic acids is 1. The van der Waals surface area contributed by atoms with Crippen LogP contribution in [0.4, 0.5) is 0 Å². The fraction of sp³-hybridized carbons (Fsp3) is 0.300. The second kappa shape index (κ2) is 6.83. The number of aliphatic carboxylic acids is 1. The van der Waals surface area contributed by atoms with Gasteiger partial charge in [0, 0.05) is 18.2 Å². The van der Waals surface area contributed by atoms with Gasteiger partial charge < -0.3 is 14.5 Å². The quantitative estimate of drug-likeness (QED) is 0.721. The maximum Gasteiger partial charge on any atom is 0.323 e. The van der Waals surface area contributed by atoms with Gasteiger partial charge in [-0.15, -0.1) is 0 Å². The Hall–Kier alpha value is -3.22. The molecule has 0 spiro atoms. The van der Waals surface area contributed by atoms with Crippen LogP contribution in [-0.4, -0.2) is 38.6 Å². The van der Waals surface area contributed by atoms with Gasteiger partial charge in [-0.25, -0.2) is 4.98 Å². The summed E-state index contributed by atoms with van der Waals surface area (Å²) in [6.07, 6.45) is 2.06. The molecule has 3 aromatic rings. The number of carbonyl (C=O) groups is 2. The normalized spacial score (nSPS) is 13.7. The van der Waals surface area contributed by atoms with Gasteiger partial charge in [0.2, 0.25) is 0 Å². The Morgan fingerprint density at radius 1 is 1.26 bits per heavy atom. The second-order valence-corrected chi connectivity index (χ2v) is 6.86. The van der Waals surface area contributed by atoms with Crippen molar-refractivity contribution in [3.63, 3.8) is 0 Å². The molecule has 27 heavy (non-hydrogen) atoms. The smallest absolute Gasteiger partial charge is 0.323 e. The van der Waals surface area contributed by atoms with Gasteiger partial charge in [0.1, 0.15) is 6.54 Å². The van der Waals surface area contributed by atoms with Gasteiger partial charge in [-0.2, -0.15) is 0 Å². The molecule has 2 aromatic heterocycles. The molecule has 0 unspecified atom stereocenters. The van der Waals surface area contributed by atoms with Crippen LogP contribution in [0.5, 0.6) is 0 Å². The molecule has 0 bridgehead atoms. The summed E-state index contributed by atoms with van der Waals surface area (Å²) in [5.41, 5.74) is 2.96. The number of pyridine rings is 1. The highest BCUT2D eigenvalue weighted by atomic mass is 16.5. The average molecular weight is 365 g/mol. The first-order valence-electron chi connectivity index (χ1n) is 8.85. The van der Waals surface area contributed by atoms with Crippen molar-refractivity contribution in [3.8, 4) is 0 Å². The summed E-state index contributed by atoms with van der Waals surface area (Å²) in [4.78, 5) is 30.5. The highest BCUT2D eigenvalue weighted by Crippen LogP contribution is 2.40. The zero-order valence-corrected chi connectivity index (χ0v) is 14.9. The first-order chi connectivity index (χ1) is 13.0. The van der Waals surface area contributed by atoms with Crippen LogP contribution in [0.25, 0.3) is 11.1 Å². The number of rotatable bonds is 6. The topological polar surface area (TPSA) is 96.5 Å². The molecule has 1 aromatic carbocycles. The predicted octanol–water partition coefficient (Wildman–Crippen LogP) is 3.14. The molecule has 1 fully saturated rings. The molecular formula is C20H19N3O4. The number of hydrogen-bond acceptors (Lipinski definition) is 5. The summed E-state index contributed by atoms with van der Waals surface area (Å²) >= 11 is 0. The molecule has 1 amide bonds. The third-order valence-electron chi connectivity index (χ3n) is 4.69. The molecule has 0 atom stereocenters. The zero-order chi connectivity index (χ0) is 19.0. The van der Waals surface area contributed by atoms with E-state index in [-0.39, 0.29) is 19.0 Å². The maximum atomic E-state index is 13.3. The van der Waals surface area contributed by atoms with Gasteiger partial charge >= 0.3 is 5.97 Å². The number of benzene rings is 1. The number of aromatic nitrogens is 2. The Bertz CT molecular complexity index is 1010. The number of aryl methyl sites for hydroxylation is 1. The van der Waals surface area contributed by atoms with Crippen molar-refractivity contribution >= 4 is 23.0 Å². The van der Waals surface area contributed by atoms with Gasteiger partial charge in [-0.1, -0.05) is 35.5 Å². The van der Waals surface area contributed by atoms with Gasteiger partial charge in [0.25, 0.3) is 11.6 Å². The average Bonchev–Trinajstić information content (AvgIpc) is 3.44. The lowest BCUT2D eigenvalue weighted by Gasteiger charge is -2.21. The van der Waals surface area contributed by atoms with Gasteiger partial charge in [0.15, 0.2) is 0 Å². The molecule has 2 heterocycles. The summed E-state index contributed by atoms with van der Waals surface area (Å²) in [6.45, 7) is 1.57. The van der Waals surface area contributed by atoms with Gasteiger partial charge in [0.05, 0.1) is 16.6 Å². The highest BCUT2D eigenvalue weighted by molar-refractivity contribution is 6.06. The molecule has 7 nitrogen and oxygen atoms in total. The molecule has 1 aliphatic carbocycles. The first kappa shape index (κ1) is 17.2. The third kappa shape index (κ3) is 3.53. The summed E-state index contributed by atoms with van der Waals surface area (Å²) < 4.78 is 5.29. The van der Waals surface area contributed by atoms with E-state index in [1.165, 1.54) is 4.90 Å². The summed E-state index contributed by atoms with van der Waals surface area (Å²) in [5, 5.41) is 13.8. The van der Waals surface area contributed by atoms with Gasteiger partial charge in [-0.3, -0.25) is 9.59 Å². The number of carboxylic acids is 1. The van der Waals surface area contributed by atoms with Crippen LogP contribution >= 0.6 is 0 Å². The molecule has 1 aliphatic rings. The summed E-state index contributed by atoms with van der Waals surface area (Å²) in [6, 6.07) is 11.1. The lowest BCUT2D eigenvalue weighted by molar-refractivity contribution is -0.137. The van der Waals surface area contributed by atoms with Crippen LogP contribution in [0.1, 0.15) is 46.1 Å². The van der Waals surface area contributed by atoms with Crippen LogP contribution in [0.2, 0.25) is 0 Å². The highest BCUT2D eigenvalue weighted by Gasteiger charge is 2.30. The minimum atomic E-state index is -1.06. The number of carboxylic acid groups (broad SMARTS) is 1. The Labute approximate surface area is 155 Å². The molecule has 1 saturated carbocycles. The Balaban J connectivity index is 1.75. The van der Waals surface area contributed by atoms with E-state index >= 15 is 0 Å². The van der Waals surface area contributed by atoms with E-state index in [9.17, 15) is 14.7 Å². The molecule has 0 aliphatic heterocycles. The first-order valence-corrected chi connectivity index (χ1v) is 8.85. The van der Waals surface area contributed by atoms with Crippen LogP contribution in [-0.2, 0) is 11.3 Å². The van der Waals surface area contributed by atoms with Gasteiger partial charge in [-0.05, 0) is 31.4 Å². The monoisotopic (exact) mass is 365 g/mol. The lowest BCUT2D eigenvalue weighted by atomic mass is 10.1. The number of amides is 1. The fourth-order valence-electron chi connectivity index (χ4n) is 3.21. The van der Waals surface area contributed by atoms with E-state index in [1.54, 1.807) is 13.0 Å². The van der Waals surface area contributed by atoms with Crippen molar-refractivity contribution in [1.82, 2.24) is 15.0 Å². The van der Waals surface area contributed by atoms with Crippen LogP contribution in [0, 0.1) is 6.92 Å². The van der Waals surface area contributed by atoms with Crippen LogP contribution in [0.15, 0.2) is 40.9 Å². The SMILES string of the molecule is Cc1noc2nc(C3CC3)cc(C(=O)N(CC(=O)O)Cc3ccccc3)c12. The van der Waals surface area contributed by atoms with E-state index in [2.05, 4.69) is 10.1 Å². The standard InChI is InChI=1S/C20H19N3O4/c1-12-18-15(9-16(14-7-8-14)21-19(18)27-22-12)20(26)23(11-17(24)25)10-13-5-3-2-4-6-13/h2-6,9,14H,7-8,10-11H2,1H3,(H,24,25). The van der Waals surface area contributed by atoms with Crippen molar-refractivity contribution in [2.75, 3.05) is 6.54 Å². The Kier molecular flexibility index (Phi) is 4.35. The molecule has 4 rings (SSSR count). The van der Waals surface area contributed by atoms with Crippen molar-refractivity contribution in [1.29, 1.82) is 0 Å². The second-order valence-electron chi connectivity index (χ2n) is 6.86. The van der Waals surface area contributed by atoms with Crippen LogP contribution < -0.4 is 0 Å². The Morgan fingerprint density at radius 2 is 2.00 bits per heavy atom. The van der Waals surface area contributed by atoms with E-state index in [0.717, 1.165) is 24.1 Å². The summed E-state index contributed by atoms with van der Waals surface area (Å²) in [7, 11) is 0. The van der Waals surface area contributed by atoms with E-state index < -0.39 is 5.97 Å². The molecule has 1 N–H and O–H groups in total. The largest absolute Gasteiger partial charge is 0.480 e. The Morgan fingerprint density at radius 3 is 2.67 bits per heavy atom. The van der Waals surface area contributed by atoms with E-state index in [1.807, 2.05) is 30.3 Å². The molecule has 0 saturated heterocycles. The molecular weight excluding hydrogens is 346 g/mol. The minimum absolute atomic E-state index is 0.207. The van der Waals surface area contributed by atoms with Crippen molar-refractivity contribution < 1.29 is 19.2 Å². The predicted molar refractivity (Wildman–Crippen MR) is 97.3 cm³/mol. The van der Waals surface area contributed by atoms with E-state index in [0.29, 0.717) is 28.3 Å². The number of hydrogen-bond donors (Lipinski definition) is 1. The molecule has 7 heteroatoms. The lowest BCUT2D eigenvalue weighted by Crippen LogP contribution is -2.35. The summed E-state index contributed by atoms with van der Waals surface area (Å²) in [5.74, 6) is -1.09. The molecule has 138 valence electrons. The van der Waals surface area contributed by atoms with Crippen molar-refractivity contribution in [2.45, 2.75) is 32.2 Å². The molecule has 0 radical (unpaired) electrons. The third-order valence-corrected chi connectivity index (χ3v) is 4.69. The maximum absolute atomic E-state index is 13.3. The minimum Gasteiger partial charge on any atom is -0.480 e. The number of nitrogens with zero attached hydrogens (tertiary/aromatic N) is 3. The fourth-order valence-corrected chi connectivity index (χ4v) is 3.21. The zero-order valence-electron chi connectivity index (χ0n) is 14.9.